The van der Waals surface area contributed by atoms with Crippen molar-refractivity contribution in [2.24, 2.45) is 0 Å². The molecule has 1 aliphatic heterocycles. The molecule has 0 radical (unpaired) electrons. The third kappa shape index (κ3) is 2.18. The highest BCUT2D eigenvalue weighted by molar-refractivity contribution is 14.1. The van der Waals surface area contributed by atoms with E-state index in [-0.39, 0.29) is 22.4 Å². The molecule has 2 heterocycles. The van der Waals surface area contributed by atoms with Crippen LogP contribution in [0.15, 0.2) is 9.59 Å². The molecule has 2 rings (SSSR count). The Labute approximate surface area is 115 Å². The molecule has 1 fully saturated rings. The lowest BCUT2D eigenvalue weighted by Gasteiger charge is -2.17. The van der Waals surface area contributed by atoms with E-state index in [1.165, 1.54) is 0 Å². The number of aromatic amines is 1. The summed E-state index contributed by atoms with van der Waals surface area (Å²) in [5.74, 6) is -0.0138. The van der Waals surface area contributed by atoms with Gasteiger partial charge in [0, 0.05) is 6.42 Å². The Hall–Kier alpha value is -0.910. The van der Waals surface area contributed by atoms with Gasteiger partial charge >= 0.3 is 5.69 Å². The van der Waals surface area contributed by atoms with E-state index in [2.05, 4.69) is 4.98 Å². The molecular formula is C9H12IN3O5. The van der Waals surface area contributed by atoms with Crippen molar-refractivity contribution in [2.75, 3.05) is 12.3 Å². The van der Waals surface area contributed by atoms with Crippen molar-refractivity contribution in [1.29, 1.82) is 0 Å². The van der Waals surface area contributed by atoms with Crippen molar-refractivity contribution >= 4 is 28.4 Å². The number of nitrogens with one attached hydrogen (secondary N) is 1. The van der Waals surface area contributed by atoms with Crippen molar-refractivity contribution in [1.82, 2.24) is 9.55 Å². The van der Waals surface area contributed by atoms with Crippen molar-refractivity contribution in [2.45, 2.75) is 24.9 Å². The molecule has 1 aromatic heterocycles. The van der Waals surface area contributed by atoms with Crippen LogP contribution in [0.2, 0.25) is 0 Å². The summed E-state index contributed by atoms with van der Waals surface area (Å²) in [5.41, 5.74) is 4.44. The first kappa shape index (κ1) is 13.5. The number of nitrogen functional groups attached to an aromatic ring is 1. The van der Waals surface area contributed by atoms with Crippen LogP contribution in [0.4, 0.5) is 5.82 Å². The monoisotopic (exact) mass is 369 g/mol. The molecule has 18 heavy (non-hydrogen) atoms. The fraction of sp³-hybridized carbons (Fsp3) is 0.556. The molecule has 0 amide bonds. The van der Waals surface area contributed by atoms with Gasteiger partial charge in [0.15, 0.2) is 0 Å². The number of aliphatic hydroxyl groups is 2. The van der Waals surface area contributed by atoms with Gasteiger partial charge in [-0.05, 0) is 22.6 Å². The smallest absolute Gasteiger partial charge is 0.332 e. The van der Waals surface area contributed by atoms with Gasteiger partial charge < -0.3 is 20.7 Å². The number of hydrogen-bond donors (Lipinski definition) is 4. The van der Waals surface area contributed by atoms with Gasteiger partial charge in [0.25, 0.3) is 5.56 Å². The van der Waals surface area contributed by atoms with Crippen LogP contribution in [0.25, 0.3) is 0 Å². The summed E-state index contributed by atoms with van der Waals surface area (Å²) < 4.78 is 6.57. The number of aromatic nitrogens is 2. The SMILES string of the molecule is Nc1c(I)c(=O)[nH]c(=O)n1[C@H]1C[C@H](O)[C@@H](CO)O1. The molecule has 0 unspecified atom stereocenters. The average molecular weight is 369 g/mol. The third-order valence-corrected chi connectivity index (χ3v) is 3.84. The number of anilines is 1. The molecule has 3 atom stereocenters. The first-order valence-corrected chi connectivity index (χ1v) is 6.27. The second kappa shape index (κ2) is 4.99. The molecule has 8 nitrogen and oxygen atoms in total. The molecule has 1 saturated heterocycles. The predicted octanol–water partition coefficient (Wildman–Crippen LogP) is -1.64. The highest BCUT2D eigenvalue weighted by Gasteiger charge is 2.36. The molecule has 0 spiro atoms. The quantitative estimate of drug-likeness (QED) is 0.463. The highest BCUT2D eigenvalue weighted by Crippen LogP contribution is 2.29. The Morgan fingerprint density at radius 3 is 2.78 bits per heavy atom. The minimum atomic E-state index is -0.879. The summed E-state index contributed by atoms with van der Waals surface area (Å²) in [5, 5.41) is 18.6. The number of aliphatic hydroxyl groups excluding tert-OH is 2. The van der Waals surface area contributed by atoms with E-state index in [1.807, 2.05) is 0 Å². The van der Waals surface area contributed by atoms with Gasteiger partial charge in [0.2, 0.25) is 0 Å². The van der Waals surface area contributed by atoms with Gasteiger partial charge in [0.1, 0.15) is 21.7 Å². The van der Waals surface area contributed by atoms with Gasteiger partial charge in [-0.15, -0.1) is 0 Å². The van der Waals surface area contributed by atoms with E-state index >= 15 is 0 Å². The van der Waals surface area contributed by atoms with Crippen molar-refractivity contribution in [3.05, 3.63) is 24.4 Å². The van der Waals surface area contributed by atoms with Crippen LogP contribution in [0, 0.1) is 3.57 Å². The van der Waals surface area contributed by atoms with E-state index in [9.17, 15) is 14.7 Å². The molecular weight excluding hydrogens is 357 g/mol. The number of ether oxygens (including phenoxy) is 1. The summed E-state index contributed by atoms with van der Waals surface area (Å²) in [6.07, 6.45) is -2.31. The fourth-order valence-electron chi connectivity index (χ4n) is 1.87. The molecule has 9 heteroatoms. The maximum atomic E-state index is 11.7. The Kier molecular flexibility index (Phi) is 3.75. The molecule has 0 saturated carbocycles. The van der Waals surface area contributed by atoms with Crippen molar-refractivity contribution < 1.29 is 14.9 Å². The Balaban J connectivity index is 2.45. The van der Waals surface area contributed by atoms with E-state index in [4.69, 9.17) is 15.6 Å². The Bertz CT molecular complexity index is 568. The summed E-state index contributed by atoms with van der Waals surface area (Å²) >= 11 is 1.72. The molecule has 1 aliphatic rings. The first-order chi connectivity index (χ1) is 8.45. The zero-order chi connectivity index (χ0) is 13.4. The number of halogens is 1. The van der Waals surface area contributed by atoms with E-state index < -0.39 is 29.7 Å². The second-order valence-electron chi connectivity index (χ2n) is 3.94. The maximum absolute atomic E-state index is 11.7. The summed E-state index contributed by atoms with van der Waals surface area (Å²) in [7, 11) is 0. The van der Waals surface area contributed by atoms with E-state index in [0.717, 1.165) is 4.57 Å². The molecule has 1 aromatic rings. The number of nitrogens with zero attached hydrogens (tertiary/aromatic N) is 1. The van der Waals surface area contributed by atoms with Crippen LogP contribution >= 0.6 is 22.6 Å². The summed E-state index contributed by atoms with van der Waals surface area (Å²) in [4.78, 5) is 25.1. The second-order valence-corrected chi connectivity index (χ2v) is 5.02. The van der Waals surface area contributed by atoms with Crippen LogP contribution in [-0.2, 0) is 4.74 Å². The van der Waals surface area contributed by atoms with Crippen molar-refractivity contribution in [3.63, 3.8) is 0 Å². The maximum Gasteiger partial charge on any atom is 0.332 e. The standard InChI is InChI=1S/C9H12IN3O5/c10-6-7(11)13(9(17)12-8(6)16)5-1-3(15)4(2-14)18-5/h3-5,14-15H,1-2,11H2,(H,12,16,17)/t3-,4+,5+/m0/s1. The van der Waals surface area contributed by atoms with Crippen molar-refractivity contribution in [3.8, 4) is 0 Å². The fourth-order valence-corrected chi connectivity index (χ4v) is 2.26. The Morgan fingerprint density at radius 1 is 1.56 bits per heavy atom. The molecule has 0 aromatic carbocycles. The van der Waals surface area contributed by atoms with Gasteiger partial charge in [0.05, 0.1) is 12.7 Å². The minimum Gasteiger partial charge on any atom is -0.394 e. The summed E-state index contributed by atoms with van der Waals surface area (Å²) in [6.45, 7) is -0.354. The van der Waals surface area contributed by atoms with Gasteiger partial charge in [-0.3, -0.25) is 14.3 Å². The van der Waals surface area contributed by atoms with E-state index in [1.54, 1.807) is 22.6 Å². The highest BCUT2D eigenvalue weighted by atomic mass is 127. The third-order valence-electron chi connectivity index (χ3n) is 2.80. The van der Waals surface area contributed by atoms with Crippen LogP contribution in [0.5, 0.6) is 0 Å². The van der Waals surface area contributed by atoms with E-state index in [0.29, 0.717) is 0 Å². The largest absolute Gasteiger partial charge is 0.394 e. The van der Waals surface area contributed by atoms with Crippen LogP contribution in [-0.4, -0.2) is 38.6 Å². The van der Waals surface area contributed by atoms with Crippen LogP contribution in [0.1, 0.15) is 12.6 Å². The minimum absolute atomic E-state index is 0.0138. The lowest BCUT2D eigenvalue weighted by Crippen LogP contribution is -2.36. The zero-order valence-electron chi connectivity index (χ0n) is 9.17. The first-order valence-electron chi connectivity index (χ1n) is 5.20. The predicted molar refractivity (Wildman–Crippen MR) is 70.1 cm³/mol. The van der Waals surface area contributed by atoms with Crippen LogP contribution in [0.3, 0.4) is 0 Å². The van der Waals surface area contributed by atoms with Crippen LogP contribution < -0.4 is 17.0 Å². The lowest BCUT2D eigenvalue weighted by atomic mass is 10.2. The Morgan fingerprint density at radius 2 is 2.22 bits per heavy atom. The number of H-pyrrole nitrogens is 1. The van der Waals surface area contributed by atoms with Gasteiger partial charge in [-0.2, -0.15) is 0 Å². The van der Waals surface area contributed by atoms with Gasteiger partial charge in [-0.1, -0.05) is 0 Å². The lowest BCUT2D eigenvalue weighted by molar-refractivity contribution is -0.0451. The molecule has 0 bridgehead atoms. The topological polar surface area (TPSA) is 131 Å². The molecule has 5 N–H and O–H groups in total. The molecule has 0 aliphatic carbocycles. The zero-order valence-corrected chi connectivity index (χ0v) is 11.3. The van der Waals surface area contributed by atoms with Gasteiger partial charge in [-0.25, -0.2) is 4.79 Å². The molecule has 100 valence electrons. The summed E-state index contributed by atoms with van der Waals surface area (Å²) in [6, 6.07) is 0. The number of nitrogens with two attached hydrogens (primary N) is 1. The normalized spacial score (nSPS) is 27.6. The average Bonchev–Trinajstić information content (AvgIpc) is 2.67. The number of rotatable bonds is 2. The number of hydrogen-bond acceptors (Lipinski definition) is 6.